The van der Waals surface area contributed by atoms with E-state index in [-0.39, 0.29) is 17.9 Å². The number of nitrogens with zero attached hydrogens (tertiary/aromatic N) is 3. The van der Waals surface area contributed by atoms with Crippen LogP contribution in [0.25, 0.3) is 0 Å². The molecule has 8 nitrogen and oxygen atoms in total. The molecular weight excluding hydrogens is 382 g/mol. The van der Waals surface area contributed by atoms with Crippen molar-refractivity contribution in [2.45, 2.75) is 19.9 Å². The number of benzene rings is 1. The van der Waals surface area contributed by atoms with Gasteiger partial charge in [0.2, 0.25) is 0 Å². The average Bonchev–Trinajstić information content (AvgIpc) is 3.18. The number of aliphatic imine (C=N–C) groups is 1. The molecule has 0 fully saturated rings. The van der Waals surface area contributed by atoms with Crippen molar-refractivity contribution in [1.29, 1.82) is 0 Å². The van der Waals surface area contributed by atoms with Crippen LogP contribution in [-0.4, -0.2) is 28.9 Å². The van der Waals surface area contributed by atoms with Crippen LogP contribution in [0.2, 0.25) is 0 Å². The van der Waals surface area contributed by atoms with Gasteiger partial charge in [-0.3, -0.25) is 15.0 Å². The average molecular weight is 401 g/mol. The van der Waals surface area contributed by atoms with Gasteiger partial charge in [0.1, 0.15) is 16.7 Å². The van der Waals surface area contributed by atoms with Gasteiger partial charge in [0.05, 0.1) is 18.2 Å². The molecule has 2 aromatic rings. The third kappa shape index (κ3) is 3.65. The molecule has 0 radical (unpaired) electrons. The molecular formula is C19H19N3O5S. The van der Waals surface area contributed by atoms with Gasteiger partial charge in [-0.1, -0.05) is 30.0 Å². The highest BCUT2D eigenvalue weighted by Gasteiger charge is 2.37. The van der Waals surface area contributed by atoms with Crippen molar-refractivity contribution in [3.8, 4) is 0 Å². The molecule has 1 unspecified atom stereocenters. The lowest BCUT2D eigenvalue weighted by molar-refractivity contribution is -0.402. The molecule has 0 saturated carbocycles. The highest BCUT2D eigenvalue weighted by molar-refractivity contribution is 8.13. The Labute approximate surface area is 166 Å². The quantitative estimate of drug-likeness (QED) is 0.418. The van der Waals surface area contributed by atoms with E-state index in [1.165, 1.54) is 23.9 Å². The number of nitro groups is 1. The second-order valence-electron chi connectivity index (χ2n) is 5.84. The predicted octanol–water partition coefficient (Wildman–Crippen LogP) is 4.31. The number of hydrogen-bond donors (Lipinski definition) is 0. The first kappa shape index (κ1) is 19.7. The summed E-state index contributed by atoms with van der Waals surface area (Å²) < 4.78 is 10.6. The van der Waals surface area contributed by atoms with Crippen LogP contribution in [0.3, 0.4) is 0 Å². The first-order valence-electron chi connectivity index (χ1n) is 8.56. The summed E-state index contributed by atoms with van der Waals surface area (Å²) in [6.07, 6.45) is 1.87. The Balaban J connectivity index is 2.15. The zero-order valence-electron chi connectivity index (χ0n) is 15.6. The fraction of sp³-hybridized carbons (Fsp3) is 0.263. The van der Waals surface area contributed by atoms with Crippen LogP contribution < -0.4 is 4.90 Å². The Morgan fingerprint density at radius 3 is 2.61 bits per heavy atom. The van der Waals surface area contributed by atoms with E-state index in [0.29, 0.717) is 10.9 Å². The van der Waals surface area contributed by atoms with Crippen molar-refractivity contribution < 1.29 is 18.9 Å². The number of carbonyl (C=O) groups excluding carboxylic acids is 1. The number of para-hydroxylation sites is 1. The van der Waals surface area contributed by atoms with E-state index in [2.05, 4.69) is 4.99 Å². The van der Waals surface area contributed by atoms with Crippen LogP contribution in [0.15, 0.2) is 63.1 Å². The summed E-state index contributed by atoms with van der Waals surface area (Å²) in [6.45, 7) is 3.72. The Morgan fingerprint density at radius 2 is 2.04 bits per heavy atom. The Morgan fingerprint density at radius 1 is 1.32 bits per heavy atom. The van der Waals surface area contributed by atoms with E-state index in [1.54, 1.807) is 13.8 Å². The summed E-state index contributed by atoms with van der Waals surface area (Å²) in [4.78, 5) is 29.7. The van der Waals surface area contributed by atoms with Gasteiger partial charge in [-0.25, -0.2) is 9.79 Å². The van der Waals surface area contributed by atoms with E-state index in [9.17, 15) is 14.9 Å². The number of thioether (sulfide) groups is 1. The lowest BCUT2D eigenvalue weighted by atomic mass is 10.0. The molecule has 1 atom stereocenters. The number of allylic oxidation sites excluding steroid dienone is 1. The van der Waals surface area contributed by atoms with Gasteiger partial charge < -0.3 is 9.15 Å². The maximum absolute atomic E-state index is 12.7. The normalized spacial score (nSPS) is 16.8. The Bertz CT molecular complexity index is 951. The van der Waals surface area contributed by atoms with Crippen molar-refractivity contribution >= 4 is 34.5 Å². The minimum atomic E-state index is -0.824. The maximum atomic E-state index is 12.7. The predicted molar refractivity (Wildman–Crippen MR) is 107 cm³/mol. The van der Waals surface area contributed by atoms with E-state index in [4.69, 9.17) is 9.15 Å². The summed E-state index contributed by atoms with van der Waals surface area (Å²) in [6, 6.07) is 11.4. The standard InChI is InChI=1S/C19H19N3O5S/c1-4-26-18(23)16-12(2)21(13-8-6-5-7-9-13)19(28-3)20-17(16)14-10-11-15(27-14)22(24)25/h5-11,17H,4H2,1-3H3. The smallest absolute Gasteiger partial charge is 0.433 e. The van der Waals surface area contributed by atoms with Crippen LogP contribution >= 0.6 is 11.8 Å². The number of carbonyl (C=O) groups is 1. The monoisotopic (exact) mass is 401 g/mol. The molecule has 1 aromatic heterocycles. The number of amidine groups is 1. The first-order chi connectivity index (χ1) is 13.5. The van der Waals surface area contributed by atoms with Crippen molar-refractivity contribution in [3.05, 3.63) is 69.6 Å². The van der Waals surface area contributed by atoms with Gasteiger partial charge in [-0.05, 0) is 38.3 Å². The van der Waals surface area contributed by atoms with E-state index in [0.717, 1.165) is 5.69 Å². The van der Waals surface area contributed by atoms with Crippen molar-refractivity contribution in [2.75, 3.05) is 17.8 Å². The minimum absolute atomic E-state index is 0.199. The molecule has 1 aliphatic heterocycles. The van der Waals surface area contributed by atoms with Crippen LogP contribution in [0.4, 0.5) is 11.6 Å². The zero-order chi connectivity index (χ0) is 20.3. The number of anilines is 1. The van der Waals surface area contributed by atoms with Crippen LogP contribution in [0.1, 0.15) is 25.6 Å². The van der Waals surface area contributed by atoms with E-state index < -0.39 is 22.8 Å². The Hall–Kier alpha value is -3.07. The number of furan rings is 1. The summed E-state index contributed by atoms with van der Waals surface area (Å²) in [5.41, 5.74) is 1.76. The molecule has 146 valence electrons. The fourth-order valence-corrected chi connectivity index (χ4v) is 3.62. The van der Waals surface area contributed by atoms with Gasteiger partial charge >= 0.3 is 11.9 Å². The third-order valence-corrected chi connectivity index (χ3v) is 4.84. The van der Waals surface area contributed by atoms with Gasteiger partial charge in [0, 0.05) is 11.4 Å². The fourth-order valence-electron chi connectivity index (χ4n) is 2.98. The van der Waals surface area contributed by atoms with Crippen molar-refractivity contribution in [1.82, 2.24) is 0 Å². The first-order valence-corrected chi connectivity index (χ1v) is 9.79. The number of rotatable bonds is 5. The van der Waals surface area contributed by atoms with Crippen LogP contribution in [-0.2, 0) is 9.53 Å². The molecule has 0 saturated heterocycles. The van der Waals surface area contributed by atoms with E-state index >= 15 is 0 Å². The summed E-state index contributed by atoms with van der Waals surface area (Å²) >= 11 is 1.41. The molecule has 0 bridgehead atoms. The third-order valence-electron chi connectivity index (χ3n) is 4.18. The van der Waals surface area contributed by atoms with Crippen molar-refractivity contribution in [3.63, 3.8) is 0 Å². The highest BCUT2D eigenvalue weighted by atomic mass is 32.2. The summed E-state index contributed by atoms with van der Waals surface area (Å²) in [5.74, 6) is -0.718. The molecule has 0 N–H and O–H groups in total. The topological polar surface area (TPSA) is 98.2 Å². The molecule has 0 spiro atoms. The van der Waals surface area contributed by atoms with Crippen molar-refractivity contribution in [2.24, 2.45) is 4.99 Å². The molecule has 1 aromatic carbocycles. The second-order valence-corrected chi connectivity index (χ2v) is 6.62. The van der Waals surface area contributed by atoms with Crippen LogP contribution in [0, 0.1) is 10.1 Å². The van der Waals surface area contributed by atoms with E-state index in [1.807, 2.05) is 41.5 Å². The lowest BCUT2D eigenvalue weighted by Gasteiger charge is -2.33. The SMILES string of the molecule is CCOC(=O)C1=C(C)N(c2ccccc2)C(SC)=NC1c1ccc([N+](=O)[O-])o1. The second kappa shape index (κ2) is 8.30. The lowest BCUT2D eigenvalue weighted by Crippen LogP contribution is -2.35. The van der Waals surface area contributed by atoms with Gasteiger partial charge in [0.25, 0.3) is 0 Å². The van der Waals surface area contributed by atoms with Gasteiger partial charge in [-0.2, -0.15) is 0 Å². The minimum Gasteiger partial charge on any atom is -0.463 e. The molecule has 9 heteroatoms. The van der Waals surface area contributed by atoms with Gasteiger partial charge in [-0.15, -0.1) is 0 Å². The molecule has 0 aliphatic carbocycles. The largest absolute Gasteiger partial charge is 0.463 e. The van der Waals surface area contributed by atoms with Crippen LogP contribution in [0.5, 0.6) is 0 Å². The zero-order valence-corrected chi connectivity index (χ0v) is 16.4. The highest BCUT2D eigenvalue weighted by Crippen LogP contribution is 2.39. The Kier molecular flexibility index (Phi) is 5.84. The molecule has 28 heavy (non-hydrogen) atoms. The molecule has 1 aliphatic rings. The molecule has 0 amide bonds. The molecule has 3 rings (SSSR count). The summed E-state index contributed by atoms with van der Waals surface area (Å²) in [7, 11) is 0. The summed E-state index contributed by atoms with van der Waals surface area (Å²) in [5, 5.41) is 11.6. The number of hydrogen-bond acceptors (Lipinski definition) is 8. The number of ether oxygens (including phenoxy) is 1. The van der Waals surface area contributed by atoms with Gasteiger partial charge in [0.15, 0.2) is 5.17 Å². The maximum Gasteiger partial charge on any atom is 0.433 e. The number of esters is 1. The molecule has 2 heterocycles.